The lowest BCUT2D eigenvalue weighted by Gasteiger charge is -2.07. The van der Waals surface area contributed by atoms with Gasteiger partial charge in [-0.15, -0.1) is 0 Å². The van der Waals surface area contributed by atoms with E-state index >= 15 is 0 Å². The van der Waals surface area contributed by atoms with E-state index in [1.54, 1.807) is 13.0 Å². The maximum Gasteiger partial charge on any atom is 0.377 e. The van der Waals surface area contributed by atoms with Crippen LogP contribution in [-0.4, -0.2) is 23.5 Å². The number of benzene rings is 1. The minimum Gasteiger partial charge on any atom is -0.494 e. The topological polar surface area (TPSA) is 63.6 Å². The molecule has 0 aliphatic rings. The first-order valence-corrected chi connectivity index (χ1v) is 4.57. The van der Waals surface area contributed by atoms with Crippen molar-refractivity contribution in [3.8, 4) is 5.75 Å². The predicted molar refractivity (Wildman–Crippen MR) is 54.3 cm³/mol. The van der Waals surface area contributed by atoms with Gasteiger partial charge in [-0.1, -0.05) is 0 Å². The number of ketones is 1. The molecule has 0 atom stereocenters. The molecule has 0 aromatic heterocycles. The molecule has 0 bridgehead atoms. The lowest BCUT2D eigenvalue weighted by molar-refractivity contribution is -0.131. The Labute approximate surface area is 87.5 Å². The first-order chi connectivity index (χ1) is 7.06. The monoisotopic (exact) mass is 208 g/mol. The molecule has 0 saturated heterocycles. The Morgan fingerprint density at radius 3 is 2.53 bits per heavy atom. The number of rotatable bonds is 4. The van der Waals surface area contributed by atoms with Gasteiger partial charge in [-0.05, 0) is 37.6 Å². The van der Waals surface area contributed by atoms with Crippen molar-refractivity contribution in [2.24, 2.45) is 0 Å². The van der Waals surface area contributed by atoms with Gasteiger partial charge in [0.25, 0.3) is 5.78 Å². The summed E-state index contributed by atoms with van der Waals surface area (Å²) in [6, 6.07) is 4.57. The summed E-state index contributed by atoms with van der Waals surface area (Å²) in [6.07, 6.45) is 0. The van der Waals surface area contributed by atoms with Crippen LogP contribution in [0.1, 0.15) is 22.8 Å². The smallest absolute Gasteiger partial charge is 0.377 e. The maximum atomic E-state index is 11.1. The molecule has 0 fully saturated rings. The molecule has 0 unspecified atom stereocenters. The summed E-state index contributed by atoms with van der Waals surface area (Å²) in [7, 11) is 0. The van der Waals surface area contributed by atoms with Crippen molar-refractivity contribution in [2.75, 3.05) is 6.61 Å². The molecular weight excluding hydrogens is 196 g/mol. The fraction of sp³-hybridized carbons (Fsp3) is 0.273. The summed E-state index contributed by atoms with van der Waals surface area (Å²) in [6.45, 7) is 4.16. The second kappa shape index (κ2) is 4.59. The van der Waals surface area contributed by atoms with E-state index in [1.165, 1.54) is 12.1 Å². The molecule has 0 amide bonds. The highest BCUT2D eigenvalue weighted by atomic mass is 16.5. The van der Waals surface area contributed by atoms with Crippen molar-refractivity contribution in [1.29, 1.82) is 0 Å². The molecule has 4 nitrogen and oxygen atoms in total. The van der Waals surface area contributed by atoms with Gasteiger partial charge in [0.15, 0.2) is 0 Å². The van der Waals surface area contributed by atoms with Crippen LogP contribution >= 0.6 is 0 Å². The number of carbonyl (C=O) groups is 2. The number of carboxylic acids is 1. The number of ether oxygens (including phenoxy) is 1. The van der Waals surface area contributed by atoms with Gasteiger partial charge in [0.1, 0.15) is 5.75 Å². The highest BCUT2D eigenvalue weighted by Gasteiger charge is 2.15. The highest BCUT2D eigenvalue weighted by molar-refractivity contribution is 6.39. The van der Waals surface area contributed by atoms with Gasteiger partial charge in [-0.25, -0.2) is 4.79 Å². The van der Waals surface area contributed by atoms with Gasteiger partial charge >= 0.3 is 5.97 Å². The number of carbonyl (C=O) groups excluding carboxylic acids is 1. The minimum absolute atomic E-state index is 0.170. The van der Waals surface area contributed by atoms with Crippen LogP contribution in [0.25, 0.3) is 0 Å². The molecule has 1 aromatic rings. The number of Topliss-reactive ketones (excluding diaryl/α,β-unsaturated/α-hetero) is 1. The van der Waals surface area contributed by atoms with Gasteiger partial charge in [-0.2, -0.15) is 0 Å². The van der Waals surface area contributed by atoms with Gasteiger partial charge in [-0.3, -0.25) is 4.79 Å². The Morgan fingerprint density at radius 1 is 1.40 bits per heavy atom. The average molecular weight is 208 g/mol. The molecule has 0 spiro atoms. The van der Waals surface area contributed by atoms with E-state index < -0.39 is 11.8 Å². The summed E-state index contributed by atoms with van der Waals surface area (Å²) in [5.74, 6) is -1.68. The summed E-state index contributed by atoms with van der Waals surface area (Å²) < 4.78 is 5.27. The molecule has 4 heteroatoms. The van der Waals surface area contributed by atoms with Crippen molar-refractivity contribution in [3.63, 3.8) is 0 Å². The number of hydrogen-bond acceptors (Lipinski definition) is 3. The van der Waals surface area contributed by atoms with Crippen molar-refractivity contribution in [2.45, 2.75) is 13.8 Å². The van der Waals surface area contributed by atoms with Crippen molar-refractivity contribution >= 4 is 11.8 Å². The van der Waals surface area contributed by atoms with E-state index in [9.17, 15) is 9.59 Å². The zero-order valence-electron chi connectivity index (χ0n) is 8.61. The molecule has 15 heavy (non-hydrogen) atoms. The Bertz CT molecular complexity index is 396. The average Bonchev–Trinajstić information content (AvgIpc) is 2.20. The third-order valence-corrected chi connectivity index (χ3v) is 1.93. The lowest BCUT2D eigenvalue weighted by Crippen LogP contribution is -2.12. The molecule has 80 valence electrons. The summed E-state index contributed by atoms with van der Waals surface area (Å²) in [5.41, 5.74) is 0.924. The second-order valence-corrected chi connectivity index (χ2v) is 3.05. The number of aliphatic carboxylic acids is 1. The van der Waals surface area contributed by atoms with Crippen LogP contribution in [0, 0.1) is 6.92 Å². The van der Waals surface area contributed by atoms with Crippen LogP contribution in [0.5, 0.6) is 5.75 Å². The molecular formula is C11H12O4. The van der Waals surface area contributed by atoms with E-state index in [4.69, 9.17) is 9.84 Å². The molecule has 0 heterocycles. The zero-order valence-corrected chi connectivity index (χ0v) is 8.61. The van der Waals surface area contributed by atoms with Crippen LogP contribution in [0.2, 0.25) is 0 Å². The van der Waals surface area contributed by atoms with Crippen LogP contribution in [-0.2, 0) is 4.79 Å². The molecule has 1 aromatic carbocycles. The van der Waals surface area contributed by atoms with Crippen LogP contribution < -0.4 is 4.74 Å². The standard InChI is InChI=1S/C11H12O4/c1-3-15-9-5-4-8(6-7(9)2)10(12)11(13)14/h4-6H,3H2,1-2H3,(H,13,14). The maximum absolute atomic E-state index is 11.1. The number of carboxylic acid groups (broad SMARTS) is 1. The number of aryl methyl sites for hydroxylation is 1. The molecule has 1 N–H and O–H groups in total. The van der Waals surface area contributed by atoms with Gasteiger partial charge in [0.2, 0.25) is 0 Å². The third kappa shape index (κ3) is 2.56. The van der Waals surface area contributed by atoms with E-state index in [1.807, 2.05) is 6.92 Å². The first-order valence-electron chi connectivity index (χ1n) is 4.57. The normalized spacial score (nSPS) is 9.73. The lowest BCUT2D eigenvalue weighted by atomic mass is 10.1. The fourth-order valence-corrected chi connectivity index (χ4v) is 1.23. The van der Waals surface area contributed by atoms with Gasteiger partial charge in [0.05, 0.1) is 6.61 Å². The zero-order chi connectivity index (χ0) is 11.4. The highest BCUT2D eigenvalue weighted by Crippen LogP contribution is 2.19. The molecule has 0 saturated carbocycles. The predicted octanol–water partition coefficient (Wildman–Crippen LogP) is 1.66. The van der Waals surface area contributed by atoms with Crippen molar-refractivity contribution in [3.05, 3.63) is 29.3 Å². The van der Waals surface area contributed by atoms with E-state index in [-0.39, 0.29) is 5.56 Å². The second-order valence-electron chi connectivity index (χ2n) is 3.05. The first kappa shape index (κ1) is 11.2. The van der Waals surface area contributed by atoms with Crippen molar-refractivity contribution < 1.29 is 19.4 Å². The Balaban J connectivity index is 3.01. The molecule has 0 aliphatic heterocycles. The van der Waals surface area contributed by atoms with Gasteiger partial charge < -0.3 is 9.84 Å². The van der Waals surface area contributed by atoms with E-state index in [0.717, 1.165) is 5.56 Å². The molecule has 0 aliphatic carbocycles. The quantitative estimate of drug-likeness (QED) is 0.603. The summed E-state index contributed by atoms with van der Waals surface area (Å²) >= 11 is 0. The van der Waals surface area contributed by atoms with Crippen LogP contribution in [0.15, 0.2) is 18.2 Å². The van der Waals surface area contributed by atoms with Crippen molar-refractivity contribution in [1.82, 2.24) is 0 Å². The summed E-state index contributed by atoms with van der Waals surface area (Å²) in [5, 5.41) is 8.52. The van der Waals surface area contributed by atoms with Gasteiger partial charge in [0, 0.05) is 5.56 Å². The van der Waals surface area contributed by atoms with Crippen LogP contribution in [0.3, 0.4) is 0 Å². The Kier molecular flexibility index (Phi) is 3.44. The molecule has 0 radical (unpaired) electrons. The molecule has 1 rings (SSSR count). The Hall–Kier alpha value is -1.84. The SMILES string of the molecule is CCOc1ccc(C(=O)C(=O)O)cc1C. The third-order valence-electron chi connectivity index (χ3n) is 1.93. The van der Waals surface area contributed by atoms with E-state index in [0.29, 0.717) is 12.4 Å². The fourth-order valence-electron chi connectivity index (χ4n) is 1.23. The van der Waals surface area contributed by atoms with Crippen LogP contribution in [0.4, 0.5) is 0 Å². The summed E-state index contributed by atoms with van der Waals surface area (Å²) in [4.78, 5) is 21.6. The minimum atomic E-state index is -1.45. The van der Waals surface area contributed by atoms with E-state index in [2.05, 4.69) is 0 Å². The largest absolute Gasteiger partial charge is 0.494 e. The Morgan fingerprint density at radius 2 is 2.07 bits per heavy atom. The number of hydrogen-bond donors (Lipinski definition) is 1.